The van der Waals surface area contributed by atoms with Crippen LogP contribution in [0.4, 0.5) is 5.69 Å². The zero-order chi connectivity index (χ0) is 14.7. The number of rotatable bonds is 6. The molecule has 1 N–H and O–H groups in total. The average Bonchev–Trinajstić information content (AvgIpc) is 2.85. The number of ether oxygens (including phenoxy) is 1. The molecule has 0 atom stereocenters. The van der Waals surface area contributed by atoms with Crippen LogP contribution in [0.25, 0.3) is 10.1 Å². The number of thiophene rings is 1. The highest BCUT2D eigenvalue weighted by Crippen LogP contribution is 2.35. The van der Waals surface area contributed by atoms with E-state index in [9.17, 15) is 9.59 Å². The van der Waals surface area contributed by atoms with Gasteiger partial charge in [0, 0.05) is 30.7 Å². The summed E-state index contributed by atoms with van der Waals surface area (Å²) in [5, 5.41) is 4.07. The lowest BCUT2D eigenvalue weighted by molar-refractivity contribution is -0.116. The van der Waals surface area contributed by atoms with Crippen molar-refractivity contribution in [2.24, 2.45) is 0 Å². The normalized spacial score (nSPS) is 10.6. The van der Waals surface area contributed by atoms with Crippen LogP contribution in [0.1, 0.15) is 29.4 Å². The molecule has 0 aliphatic heterocycles. The van der Waals surface area contributed by atoms with Crippen LogP contribution in [0.3, 0.4) is 0 Å². The molecule has 0 radical (unpaired) electrons. The van der Waals surface area contributed by atoms with E-state index in [1.807, 2.05) is 25.2 Å². The number of nitrogens with one attached hydrogen (secondary N) is 1. The number of carbonyl (C=O) groups is 2. The van der Waals surface area contributed by atoms with E-state index in [-0.39, 0.29) is 18.0 Å². The Kier molecular flexibility index (Phi) is 4.39. The standard InChI is InChI=1S/C15H17NO3S/c1-9(17)4-5-12(18)15-7-10-6-11(16-2)13(19-3)8-14(10)20-15/h6-8,16H,4-5H2,1-3H3. The molecule has 0 spiro atoms. The smallest absolute Gasteiger partial charge is 0.173 e. The fourth-order valence-corrected chi connectivity index (χ4v) is 3.02. The zero-order valence-electron chi connectivity index (χ0n) is 11.8. The molecule has 0 saturated heterocycles. The molecule has 0 aliphatic carbocycles. The highest BCUT2D eigenvalue weighted by molar-refractivity contribution is 7.20. The van der Waals surface area contributed by atoms with Gasteiger partial charge in [0.15, 0.2) is 5.78 Å². The number of Topliss-reactive ketones (excluding diaryl/α,β-unsaturated/α-hetero) is 2. The molecule has 1 aromatic carbocycles. The van der Waals surface area contributed by atoms with Gasteiger partial charge in [-0.05, 0) is 24.4 Å². The van der Waals surface area contributed by atoms with Crippen molar-refractivity contribution in [3.63, 3.8) is 0 Å². The number of hydrogen-bond donors (Lipinski definition) is 1. The Morgan fingerprint density at radius 1 is 1.25 bits per heavy atom. The summed E-state index contributed by atoms with van der Waals surface area (Å²) >= 11 is 1.44. The van der Waals surface area contributed by atoms with Crippen molar-refractivity contribution in [2.45, 2.75) is 19.8 Å². The predicted octanol–water partition coefficient (Wildman–Crippen LogP) is 3.50. The minimum absolute atomic E-state index is 0.0198. The maximum Gasteiger partial charge on any atom is 0.173 e. The van der Waals surface area contributed by atoms with Crippen LogP contribution in [0, 0.1) is 0 Å². The van der Waals surface area contributed by atoms with Crippen molar-refractivity contribution in [1.29, 1.82) is 0 Å². The Balaban J connectivity index is 2.33. The Bertz CT molecular complexity index is 619. The SMILES string of the molecule is CNc1cc2cc(C(=O)CCC(C)=O)sc2cc1OC. The molecule has 1 aromatic heterocycles. The highest BCUT2D eigenvalue weighted by Gasteiger charge is 2.13. The van der Waals surface area contributed by atoms with Gasteiger partial charge in [0.1, 0.15) is 11.5 Å². The monoisotopic (exact) mass is 291 g/mol. The van der Waals surface area contributed by atoms with E-state index in [1.54, 1.807) is 7.11 Å². The maximum atomic E-state index is 12.0. The van der Waals surface area contributed by atoms with Gasteiger partial charge in [0.25, 0.3) is 0 Å². The number of benzene rings is 1. The van der Waals surface area contributed by atoms with E-state index >= 15 is 0 Å². The van der Waals surface area contributed by atoms with E-state index < -0.39 is 0 Å². The van der Waals surface area contributed by atoms with E-state index in [2.05, 4.69) is 5.32 Å². The number of fused-ring (bicyclic) bond motifs is 1. The lowest BCUT2D eigenvalue weighted by Gasteiger charge is -2.07. The molecule has 5 heteroatoms. The summed E-state index contributed by atoms with van der Waals surface area (Å²) in [5.41, 5.74) is 0.889. The van der Waals surface area contributed by atoms with Gasteiger partial charge < -0.3 is 14.8 Å². The first-order valence-corrected chi connectivity index (χ1v) is 7.18. The molecule has 0 fully saturated rings. The van der Waals surface area contributed by atoms with E-state index in [1.165, 1.54) is 18.3 Å². The third kappa shape index (κ3) is 2.99. The van der Waals surface area contributed by atoms with Crippen molar-refractivity contribution in [2.75, 3.05) is 19.5 Å². The van der Waals surface area contributed by atoms with Crippen LogP contribution in [0.2, 0.25) is 0 Å². The van der Waals surface area contributed by atoms with Crippen molar-refractivity contribution >= 4 is 38.7 Å². The van der Waals surface area contributed by atoms with Crippen LogP contribution >= 0.6 is 11.3 Å². The van der Waals surface area contributed by atoms with Gasteiger partial charge in [0.2, 0.25) is 0 Å². The van der Waals surface area contributed by atoms with Gasteiger partial charge in [-0.25, -0.2) is 0 Å². The van der Waals surface area contributed by atoms with Crippen LogP contribution in [-0.2, 0) is 4.79 Å². The van der Waals surface area contributed by atoms with Crippen LogP contribution in [0.5, 0.6) is 5.75 Å². The molecule has 106 valence electrons. The quantitative estimate of drug-likeness (QED) is 0.828. The molecule has 2 aromatic rings. The molecule has 0 aliphatic rings. The predicted molar refractivity (Wildman–Crippen MR) is 82.2 cm³/mol. The van der Waals surface area contributed by atoms with Gasteiger partial charge in [-0.15, -0.1) is 11.3 Å². The molecule has 0 bridgehead atoms. The second kappa shape index (κ2) is 6.05. The molecule has 20 heavy (non-hydrogen) atoms. The third-order valence-corrected chi connectivity index (χ3v) is 4.23. The second-order valence-corrected chi connectivity index (χ2v) is 5.66. The Morgan fingerprint density at radius 2 is 2.00 bits per heavy atom. The summed E-state index contributed by atoms with van der Waals surface area (Å²) in [4.78, 5) is 23.7. The summed E-state index contributed by atoms with van der Waals surface area (Å²) in [6.07, 6.45) is 0.580. The van der Waals surface area contributed by atoms with Gasteiger partial charge in [0.05, 0.1) is 17.7 Å². The zero-order valence-corrected chi connectivity index (χ0v) is 12.6. The fourth-order valence-electron chi connectivity index (χ4n) is 1.98. The van der Waals surface area contributed by atoms with E-state index in [0.717, 1.165) is 21.5 Å². The number of anilines is 1. The first kappa shape index (κ1) is 14.5. The molecule has 0 amide bonds. The van der Waals surface area contributed by atoms with Gasteiger partial charge in [-0.1, -0.05) is 0 Å². The van der Waals surface area contributed by atoms with Gasteiger partial charge in [-0.3, -0.25) is 4.79 Å². The van der Waals surface area contributed by atoms with Gasteiger partial charge in [-0.2, -0.15) is 0 Å². The van der Waals surface area contributed by atoms with E-state index in [4.69, 9.17) is 4.74 Å². The Morgan fingerprint density at radius 3 is 2.60 bits per heavy atom. The van der Waals surface area contributed by atoms with Crippen molar-refractivity contribution < 1.29 is 14.3 Å². The number of ketones is 2. The lowest BCUT2D eigenvalue weighted by atomic mass is 10.1. The Labute approximate surface area is 121 Å². The molecule has 0 unspecified atom stereocenters. The van der Waals surface area contributed by atoms with Crippen molar-refractivity contribution in [1.82, 2.24) is 0 Å². The first-order valence-electron chi connectivity index (χ1n) is 6.37. The summed E-state index contributed by atoms with van der Waals surface area (Å²) in [5.74, 6) is 0.814. The minimum Gasteiger partial charge on any atom is -0.495 e. The molecule has 4 nitrogen and oxygen atoms in total. The number of carbonyl (C=O) groups excluding carboxylic acids is 2. The molecular formula is C15H17NO3S. The lowest BCUT2D eigenvalue weighted by Crippen LogP contribution is -1.99. The van der Waals surface area contributed by atoms with E-state index in [0.29, 0.717) is 11.3 Å². The average molecular weight is 291 g/mol. The van der Waals surface area contributed by atoms with Crippen molar-refractivity contribution in [3.8, 4) is 5.75 Å². The topological polar surface area (TPSA) is 55.4 Å². The maximum absolute atomic E-state index is 12.0. The highest BCUT2D eigenvalue weighted by atomic mass is 32.1. The summed E-state index contributed by atoms with van der Waals surface area (Å²) < 4.78 is 6.31. The third-order valence-electron chi connectivity index (χ3n) is 3.09. The molecule has 0 saturated carbocycles. The van der Waals surface area contributed by atoms with Crippen molar-refractivity contribution in [3.05, 3.63) is 23.1 Å². The summed E-state index contributed by atoms with van der Waals surface area (Å²) in [6, 6.07) is 5.77. The van der Waals surface area contributed by atoms with Crippen LogP contribution in [-0.4, -0.2) is 25.7 Å². The summed E-state index contributed by atoms with van der Waals surface area (Å²) in [7, 11) is 3.45. The minimum atomic E-state index is 0.0198. The largest absolute Gasteiger partial charge is 0.495 e. The second-order valence-electron chi connectivity index (χ2n) is 4.58. The van der Waals surface area contributed by atoms with Crippen LogP contribution < -0.4 is 10.1 Å². The summed E-state index contributed by atoms with van der Waals surface area (Å²) in [6.45, 7) is 1.50. The molecule has 2 rings (SSSR count). The molecular weight excluding hydrogens is 274 g/mol. The number of hydrogen-bond acceptors (Lipinski definition) is 5. The van der Waals surface area contributed by atoms with Crippen LogP contribution in [0.15, 0.2) is 18.2 Å². The van der Waals surface area contributed by atoms with Gasteiger partial charge >= 0.3 is 0 Å². The Hall–Kier alpha value is -1.88. The number of methoxy groups -OCH3 is 1. The fraction of sp³-hybridized carbons (Fsp3) is 0.333. The molecule has 1 heterocycles. The first-order chi connectivity index (χ1) is 9.55.